The first-order valence-electron chi connectivity index (χ1n) is 7.16. The number of hydrogen-bond acceptors (Lipinski definition) is 5. The molecule has 0 N–H and O–H groups in total. The first-order chi connectivity index (χ1) is 9.61. The van der Waals surface area contributed by atoms with Crippen molar-refractivity contribution in [3.63, 3.8) is 0 Å². The Hall–Kier alpha value is -1.52. The highest BCUT2D eigenvalue weighted by Crippen LogP contribution is 2.04. The van der Waals surface area contributed by atoms with Crippen LogP contribution >= 0.6 is 0 Å². The smallest absolute Gasteiger partial charge is 0.308 e. The Labute approximate surface area is 121 Å². The summed E-state index contributed by atoms with van der Waals surface area (Å²) in [6.45, 7) is 8.06. The molecular formula is C15H26O5. The predicted octanol–water partition coefficient (Wildman–Crippen LogP) is 2.84. The van der Waals surface area contributed by atoms with Gasteiger partial charge in [0.25, 0.3) is 0 Å². The number of carbonyl (C=O) groups is 2. The summed E-state index contributed by atoms with van der Waals surface area (Å²) >= 11 is 0. The van der Waals surface area contributed by atoms with Gasteiger partial charge in [0.2, 0.25) is 0 Å². The van der Waals surface area contributed by atoms with Crippen molar-refractivity contribution in [2.75, 3.05) is 19.8 Å². The zero-order valence-electron chi connectivity index (χ0n) is 12.6. The molecule has 0 saturated carbocycles. The van der Waals surface area contributed by atoms with E-state index in [1.807, 2.05) is 13.8 Å². The van der Waals surface area contributed by atoms with Gasteiger partial charge in [-0.2, -0.15) is 0 Å². The van der Waals surface area contributed by atoms with E-state index in [2.05, 4.69) is 6.58 Å². The monoisotopic (exact) mass is 286 g/mol. The van der Waals surface area contributed by atoms with Crippen molar-refractivity contribution in [3.8, 4) is 0 Å². The summed E-state index contributed by atoms with van der Waals surface area (Å²) in [5.74, 6) is -0.608. The Kier molecular flexibility index (Phi) is 11.6. The van der Waals surface area contributed by atoms with Gasteiger partial charge in [-0.1, -0.05) is 20.4 Å². The van der Waals surface area contributed by atoms with Crippen molar-refractivity contribution < 1.29 is 23.8 Å². The Morgan fingerprint density at radius 3 is 2.45 bits per heavy atom. The number of carbonyl (C=O) groups excluding carboxylic acids is 2. The van der Waals surface area contributed by atoms with E-state index in [1.165, 1.54) is 6.26 Å². The van der Waals surface area contributed by atoms with Gasteiger partial charge in [0.1, 0.15) is 13.2 Å². The average molecular weight is 286 g/mol. The largest absolute Gasteiger partial charge is 0.502 e. The van der Waals surface area contributed by atoms with Gasteiger partial charge in [0.05, 0.1) is 18.8 Å². The molecule has 0 radical (unpaired) electrons. The van der Waals surface area contributed by atoms with Gasteiger partial charge in [-0.25, -0.2) is 0 Å². The summed E-state index contributed by atoms with van der Waals surface area (Å²) in [5.41, 5.74) is 0. The maximum Gasteiger partial charge on any atom is 0.308 e. The number of esters is 2. The fourth-order valence-corrected chi connectivity index (χ4v) is 1.39. The van der Waals surface area contributed by atoms with E-state index in [9.17, 15) is 9.59 Å². The molecule has 0 amide bonds. The van der Waals surface area contributed by atoms with Gasteiger partial charge in [-0.3, -0.25) is 9.59 Å². The van der Waals surface area contributed by atoms with Gasteiger partial charge in [-0.05, 0) is 25.7 Å². The summed E-state index contributed by atoms with van der Waals surface area (Å²) in [6.07, 6.45) is 5.11. The van der Waals surface area contributed by atoms with Crippen molar-refractivity contribution in [3.05, 3.63) is 12.8 Å². The van der Waals surface area contributed by atoms with Crippen LogP contribution < -0.4 is 0 Å². The van der Waals surface area contributed by atoms with Crippen LogP contribution in [0.1, 0.15) is 46.0 Å². The molecule has 1 atom stereocenters. The topological polar surface area (TPSA) is 61.8 Å². The Bertz CT molecular complexity index is 288. The maximum absolute atomic E-state index is 11.4. The average Bonchev–Trinajstić information content (AvgIpc) is 2.46. The molecule has 0 heterocycles. The fraction of sp³-hybridized carbons (Fsp3) is 0.733. The third-order valence-corrected chi connectivity index (χ3v) is 2.87. The molecule has 0 aliphatic carbocycles. The third-order valence-electron chi connectivity index (χ3n) is 2.87. The van der Waals surface area contributed by atoms with E-state index in [-0.39, 0.29) is 31.1 Å². The lowest BCUT2D eigenvalue weighted by molar-refractivity contribution is -0.154. The van der Waals surface area contributed by atoms with Crippen LogP contribution in [0.25, 0.3) is 0 Å². The number of unbranched alkanes of at least 4 members (excludes halogenated alkanes) is 2. The Morgan fingerprint density at radius 1 is 1.10 bits per heavy atom. The number of hydrogen-bond donors (Lipinski definition) is 0. The van der Waals surface area contributed by atoms with Crippen LogP contribution in [0.3, 0.4) is 0 Å². The SMILES string of the molecule is C=COCCCCCC(=O)OCCOC(=O)C(C)CC. The summed E-state index contributed by atoms with van der Waals surface area (Å²) in [7, 11) is 0. The molecule has 0 saturated heterocycles. The van der Waals surface area contributed by atoms with Gasteiger partial charge in [0, 0.05) is 6.42 Å². The second kappa shape index (κ2) is 12.5. The van der Waals surface area contributed by atoms with Gasteiger partial charge in [-0.15, -0.1) is 0 Å². The first kappa shape index (κ1) is 18.5. The van der Waals surface area contributed by atoms with Crippen molar-refractivity contribution >= 4 is 11.9 Å². The van der Waals surface area contributed by atoms with Crippen molar-refractivity contribution in [2.24, 2.45) is 5.92 Å². The minimum absolute atomic E-state index is 0.108. The maximum atomic E-state index is 11.4. The van der Waals surface area contributed by atoms with E-state index in [4.69, 9.17) is 14.2 Å². The molecule has 0 spiro atoms. The predicted molar refractivity (Wildman–Crippen MR) is 76.0 cm³/mol. The molecule has 20 heavy (non-hydrogen) atoms. The molecular weight excluding hydrogens is 260 g/mol. The number of rotatable bonds is 12. The fourth-order valence-electron chi connectivity index (χ4n) is 1.39. The molecule has 0 rings (SSSR count). The third kappa shape index (κ3) is 10.4. The normalized spacial score (nSPS) is 11.5. The van der Waals surface area contributed by atoms with Crippen LogP contribution in [-0.2, 0) is 23.8 Å². The Morgan fingerprint density at radius 2 is 1.80 bits per heavy atom. The van der Waals surface area contributed by atoms with Gasteiger partial charge in [0.15, 0.2) is 0 Å². The molecule has 0 aliphatic heterocycles. The summed E-state index contributed by atoms with van der Waals surface area (Å²) in [5, 5.41) is 0. The first-order valence-corrected chi connectivity index (χ1v) is 7.16. The molecule has 0 aliphatic rings. The molecule has 0 aromatic carbocycles. The second-order valence-corrected chi connectivity index (χ2v) is 4.55. The summed E-state index contributed by atoms with van der Waals surface area (Å²) in [6, 6.07) is 0. The van der Waals surface area contributed by atoms with Gasteiger partial charge < -0.3 is 14.2 Å². The highest BCUT2D eigenvalue weighted by Gasteiger charge is 2.11. The van der Waals surface area contributed by atoms with E-state index in [0.29, 0.717) is 13.0 Å². The minimum Gasteiger partial charge on any atom is -0.502 e. The van der Waals surface area contributed by atoms with Crippen LogP contribution in [0.2, 0.25) is 0 Å². The second-order valence-electron chi connectivity index (χ2n) is 4.55. The molecule has 116 valence electrons. The van der Waals surface area contributed by atoms with Crippen LogP contribution in [0.4, 0.5) is 0 Å². The lowest BCUT2D eigenvalue weighted by atomic mass is 10.1. The minimum atomic E-state index is -0.255. The molecule has 0 fully saturated rings. The van der Waals surface area contributed by atoms with Gasteiger partial charge >= 0.3 is 11.9 Å². The van der Waals surface area contributed by atoms with Crippen molar-refractivity contribution in [2.45, 2.75) is 46.0 Å². The zero-order valence-corrected chi connectivity index (χ0v) is 12.6. The zero-order chi connectivity index (χ0) is 15.2. The molecule has 0 bridgehead atoms. The van der Waals surface area contributed by atoms with E-state index >= 15 is 0 Å². The summed E-state index contributed by atoms with van der Waals surface area (Å²) in [4.78, 5) is 22.7. The lowest BCUT2D eigenvalue weighted by Gasteiger charge is -2.09. The molecule has 5 nitrogen and oxygen atoms in total. The van der Waals surface area contributed by atoms with Crippen molar-refractivity contribution in [1.82, 2.24) is 0 Å². The highest BCUT2D eigenvalue weighted by molar-refractivity contribution is 5.72. The molecule has 0 aromatic heterocycles. The Balaban J connectivity index is 3.41. The molecule has 5 heteroatoms. The molecule has 1 unspecified atom stereocenters. The lowest BCUT2D eigenvalue weighted by Crippen LogP contribution is -2.18. The van der Waals surface area contributed by atoms with E-state index in [0.717, 1.165) is 25.7 Å². The van der Waals surface area contributed by atoms with E-state index in [1.54, 1.807) is 0 Å². The number of ether oxygens (including phenoxy) is 3. The van der Waals surface area contributed by atoms with Crippen LogP contribution in [-0.4, -0.2) is 31.8 Å². The van der Waals surface area contributed by atoms with Crippen LogP contribution in [0.5, 0.6) is 0 Å². The van der Waals surface area contributed by atoms with Crippen LogP contribution in [0, 0.1) is 5.92 Å². The highest BCUT2D eigenvalue weighted by atomic mass is 16.6. The summed E-state index contributed by atoms with van der Waals surface area (Å²) < 4.78 is 14.9. The standard InChI is InChI=1S/C15H26O5/c1-4-13(3)15(17)20-12-11-19-14(16)9-7-6-8-10-18-5-2/h5,13H,2,4,6-12H2,1,3H3. The van der Waals surface area contributed by atoms with Crippen LogP contribution in [0.15, 0.2) is 12.8 Å². The van der Waals surface area contributed by atoms with Crippen molar-refractivity contribution in [1.29, 1.82) is 0 Å². The molecule has 0 aromatic rings. The van der Waals surface area contributed by atoms with E-state index < -0.39 is 0 Å². The quantitative estimate of drug-likeness (QED) is 0.313.